The van der Waals surface area contributed by atoms with E-state index < -0.39 is 0 Å². The molecule has 3 atom stereocenters. The molecule has 2 saturated carbocycles. The molecule has 4 rings (SSSR count). The number of amides is 1. The maximum Gasteiger partial charge on any atom is 0.230 e. The molecule has 1 amide bonds. The summed E-state index contributed by atoms with van der Waals surface area (Å²) in [6, 6.07) is 8.68. The average molecular weight is 371 g/mol. The van der Waals surface area contributed by atoms with Gasteiger partial charge in [-0.3, -0.25) is 4.79 Å². The molecular weight excluding hydrogens is 344 g/mol. The van der Waals surface area contributed by atoms with E-state index in [9.17, 15) is 4.79 Å². The van der Waals surface area contributed by atoms with Crippen molar-refractivity contribution in [3.8, 4) is 11.4 Å². The molecule has 1 N–H and O–H groups in total. The van der Waals surface area contributed by atoms with Gasteiger partial charge in [-0.25, -0.2) is 0 Å². The lowest BCUT2D eigenvalue weighted by Crippen LogP contribution is -2.39. The van der Waals surface area contributed by atoms with Crippen LogP contribution in [0.4, 0.5) is 0 Å². The maximum absolute atomic E-state index is 12.4. The van der Waals surface area contributed by atoms with Crippen molar-refractivity contribution in [3.05, 3.63) is 29.8 Å². The fourth-order valence-electron chi connectivity index (χ4n) is 4.48. The molecule has 1 heterocycles. The molecule has 0 unspecified atom stereocenters. The standard InChI is InChI=1S/C20H26N4OS/c1-3-24-19(16-6-4-5-13(2)9-16)22-23-20(24)26-12-18(25)21-17-11-14-7-8-15(17)10-14/h4-6,9,14-15,17H,3,7-8,10-12H2,1-2H3,(H,21,25)/t14-,15-,17+/m0/s1. The van der Waals surface area contributed by atoms with E-state index >= 15 is 0 Å². The number of carbonyl (C=O) groups excluding carboxylic acids is 1. The minimum Gasteiger partial charge on any atom is -0.352 e. The van der Waals surface area contributed by atoms with Crippen LogP contribution in [0.5, 0.6) is 0 Å². The van der Waals surface area contributed by atoms with Crippen molar-refractivity contribution in [2.24, 2.45) is 11.8 Å². The SMILES string of the molecule is CCn1c(SCC(=O)N[C@@H]2C[C@H]3CC[C@H]2C3)nnc1-c1cccc(C)c1. The van der Waals surface area contributed by atoms with Gasteiger partial charge in [0.2, 0.25) is 5.91 Å². The van der Waals surface area contributed by atoms with E-state index in [0.29, 0.717) is 17.7 Å². The number of hydrogen-bond donors (Lipinski definition) is 1. The van der Waals surface area contributed by atoms with Crippen LogP contribution in [-0.2, 0) is 11.3 Å². The second-order valence-corrected chi connectivity index (χ2v) is 8.50. The normalized spacial score (nSPS) is 24.2. The summed E-state index contributed by atoms with van der Waals surface area (Å²) in [5.74, 6) is 2.95. The van der Waals surface area contributed by atoms with Crippen LogP contribution >= 0.6 is 11.8 Å². The summed E-state index contributed by atoms with van der Waals surface area (Å²) in [4.78, 5) is 12.4. The first-order chi connectivity index (χ1) is 12.6. The third-order valence-corrected chi connectivity index (χ3v) is 6.69. The highest BCUT2D eigenvalue weighted by Crippen LogP contribution is 2.44. The first-order valence-corrected chi connectivity index (χ1v) is 10.5. The lowest BCUT2D eigenvalue weighted by molar-refractivity contribution is -0.119. The third kappa shape index (κ3) is 3.52. The Kier molecular flexibility index (Phi) is 5.02. The lowest BCUT2D eigenvalue weighted by atomic mass is 9.95. The van der Waals surface area contributed by atoms with Crippen LogP contribution in [-0.4, -0.2) is 32.5 Å². The van der Waals surface area contributed by atoms with Crippen LogP contribution in [0.1, 0.15) is 38.2 Å². The molecule has 2 fully saturated rings. The molecular formula is C20H26N4OS. The highest BCUT2D eigenvalue weighted by molar-refractivity contribution is 7.99. The van der Waals surface area contributed by atoms with Gasteiger partial charge in [0.05, 0.1) is 5.75 Å². The van der Waals surface area contributed by atoms with Crippen LogP contribution in [0.3, 0.4) is 0 Å². The number of benzene rings is 1. The van der Waals surface area contributed by atoms with Gasteiger partial charge >= 0.3 is 0 Å². The van der Waals surface area contributed by atoms with Crippen molar-refractivity contribution in [1.29, 1.82) is 0 Å². The predicted octanol–water partition coefficient (Wildman–Crippen LogP) is 3.67. The van der Waals surface area contributed by atoms with Crippen molar-refractivity contribution in [1.82, 2.24) is 20.1 Å². The molecule has 1 aromatic heterocycles. The molecule has 0 aliphatic heterocycles. The third-order valence-electron chi connectivity index (χ3n) is 5.73. The van der Waals surface area contributed by atoms with Crippen molar-refractivity contribution >= 4 is 17.7 Å². The van der Waals surface area contributed by atoms with Crippen LogP contribution in [0, 0.1) is 18.8 Å². The zero-order valence-corrected chi connectivity index (χ0v) is 16.3. The zero-order chi connectivity index (χ0) is 18.1. The van der Waals surface area contributed by atoms with Gasteiger partial charge in [0.15, 0.2) is 11.0 Å². The quantitative estimate of drug-likeness (QED) is 0.788. The lowest BCUT2D eigenvalue weighted by Gasteiger charge is -2.22. The summed E-state index contributed by atoms with van der Waals surface area (Å²) in [6.45, 7) is 4.94. The number of hydrogen-bond acceptors (Lipinski definition) is 4. The summed E-state index contributed by atoms with van der Waals surface area (Å²) in [7, 11) is 0. The highest BCUT2D eigenvalue weighted by atomic mass is 32.2. The molecule has 2 aromatic rings. The Morgan fingerprint density at radius 2 is 2.19 bits per heavy atom. The largest absolute Gasteiger partial charge is 0.352 e. The second-order valence-electron chi connectivity index (χ2n) is 7.56. The van der Waals surface area contributed by atoms with Crippen molar-refractivity contribution in [3.63, 3.8) is 0 Å². The monoisotopic (exact) mass is 370 g/mol. The first kappa shape index (κ1) is 17.6. The molecule has 26 heavy (non-hydrogen) atoms. The van der Waals surface area contributed by atoms with Crippen molar-refractivity contribution < 1.29 is 4.79 Å². The Morgan fingerprint density at radius 3 is 2.88 bits per heavy atom. The van der Waals surface area contributed by atoms with E-state index in [1.165, 1.54) is 43.0 Å². The van der Waals surface area contributed by atoms with E-state index in [4.69, 9.17) is 0 Å². The summed E-state index contributed by atoms with van der Waals surface area (Å²) in [5, 5.41) is 12.8. The molecule has 1 aromatic carbocycles. The molecule has 5 nitrogen and oxygen atoms in total. The van der Waals surface area contributed by atoms with Gasteiger partial charge in [-0.2, -0.15) is 0 Å². The molecule has 0 radical (unpaired) electrons. The second kappa shape index (κ2) is 7.43. The van der Waals surface area contributed by atoms with Gasteiger partial charge < -0.3 is 9.88 Å². The van der Waals surface area contributed by atoms with Gasteiger partial charge in [0.25, 0.3) is 0 Å². The number of carbonyl (C=O) groups is 1. The zero-order valence-electron chi connectivity index (χ0n) is 15.4. The fourth-order valence-corrected chi connectivity index (χ4v) is 5.29. The van der Waals surface area contributed by atoms with E-state index in [1.54, 1.807) is 0 Å². The number of nitrogens with zero attached hydrogens (tertiary/aromatic N) is 3. The number of thioether (sulfide) groups is 1. The number of nitrogens with one attached hydrogen (secondary N) is 1. The summed E-state index contributed by atoms with van der Waals surface area (Å²) >= 11 is 1.48. The van der Waals surface area contributed by atoms with Gasteiger partial charge in [-0.1, -0.05) is 41.9 Å². The van der Waals surface area contributed by atoms with E-state index in [0.717, 1.165) is 29.0 Å². The Balaban J connectivity index is 1.39. The number of aryl methyl sites for hydroxylation is 1. The molecule has 2 bridgehead atoms. The van der Waals surface area contributed by atoms with Crippen LogP contribution in [0.15, 0.2) is 29.4 Å². The Bertz CT molecular complexity index is 803. The summed E-state index contributed by atoms with van der Waals surface area (Å²) < 4.78 is 2.09. The van der Waals surface area contributed by atoms with E-state index in [-0.39, 0.29) is 5.91 Å². The number of fused-ring (bicyclic) bond motifs is 2. The highest BCUT2D eigenvalue weighted by Gasteiger charge is 2.40. The summed E-state index contributed by atoms with van der Waals surface area (Å²) in [6.07, 6.45) is 5.12. The summed E-state index contributed by atoms with van der Waals surface area (Å²) in [5.41, 5.74) is 2.27. The fraction of sp³-hybridized carbons (Fsp3) is 0.550. The van der Waals surface area contributed by atoms with Crippen LogP contribution < -0.4 is 5.32 Å². The van der Waals surface area contributed by atoms with Gasteiger partial charge in [-0.05, 0) is 51.0 Å². The topological polar surface area (TPSA) is 59.8 Å². The molecule has 2 aliphatic carbocycles. The Hall–Kier alpha value is -1.82. The van der Waals surface area contributed by atoms with Gasteiger partial charge in [0.1, 0.15) is 0 Å². The van der Waals surface area contributed by atoms with E-state index in [2.05, 4.69) is 52.1 Å². The minimum absolute atomic E-state index is 0.121. The average Bonchev–Trinajstić information content (AvgIpc) is 3.34. The maximum atomic E-state index is 12.4. The van der Waals surface area contributed by atoms with E-state index in [1.807, 2.05) is 6.07 Å². The number of rotatable bonds is 6. The smallest absolute Gasteiger partial charge is 0.230 e. The molecule has 2 aliphatic rings. The first-order valence-electron chi connectivity index (χ1n) is 9.56. The van der Waals surface area contributed by atoms with Gasteiger partial charge in [-0.15, -0.1) is 10.2 Å². The molecule has 6 heteroatoms. The molecule has 138 valence electrons. The Labute approximate surface area is 159 Å². The van der Waals surface area contributed by atoms with Crippen molar-refractivity contribution in [2.45, 2.75) is 57.3 Å². The minimum atomic E-state index is 0.121. The predicted molar refractivity (Wildman–Crippen MR) is 104 cm³/mol. The van der Waals surface area contributed by atoms with Gasteiger partial charge in [0, 0.05) is 18.2 Å². The van der Waals surface area contributed by atoms with Crippen LogP contribution in [0.25, 0.3) is 11.4 Å². The Morgan fingerprint density at radius 1 is 1.31 bits per heavy atom. The molecule has 0 saturated heterocycles. The van der Waals surface area contributed by atoms with Crippen LogP contribution in [0.2, 0.25) is 0 Å². The number of aromatic nitrogens is 3. The molecule has 0 spiro atoms. The van der Waals surface area contributed by atoms with Crippen molar-refractivity contribution in [2.75, 3.05) is 5.75 Å².